The van der Waals surface area contributed by atoms with Crippen LogP contribution in [0.25, 0.3) is 0 Å². The van der Waals surface area contributed by atoms with Crippen LogP contribution in [0, 0.1) is 0 Å². The molecule has 11 heavy (non-hydrogen) atoms. The van der Waals surface area contributed by atoms with Crippen LogP contribution in [0.1, 0.15) is 11.0 Å². The third-order valence-corrected chi connectivity index (χ3v) is 1.16. The summed E-state index contributed by atoms with van der Waals surface area (Å²) in [6.07, 6.45) is -8.35. The smallest absolute Gasteiger partial charge is 0.151 e. The van der Waals surface area contributed by atoms with Gasteiger partial charge in [-0.15, -0.1) is 0 Å². The van der Waals surface area contributed by atoms with Crippen LogP contribution in [-0.2, 0) is 4.79 Å². The maximum absolute atomic E-state index is 9.98. The molecule has 4 N–H and O–H groups in total. The predicted octanol–water partition coefficient (Wildman–Crippen LogP) is -2.35. The molecule has 5 heteroatoms. The van der Waals surface area contributed by atoms with E-state index in [-0.39, 0.29) is 6.29 Å². The predicted molar refractivity (Wildman–Crippen MR) is 35.8 cm³/mol. The summed E-state index contributed by atoms with van der Waals surface area (Å²) >= 11 is 0. The first-order valence-corrected chi connectivity index (χ1v) is 2.89. The Balaban J connectivity index is 4.46. The highest BCUT2D eigenvalue weighted by atomic mass is 16.4. The van der Waals surface area contributed by atoms with Crippen molar-refractivity contribution in [2.45, 2.75) is 31.3 Å². The molecule has 0 radical (unpaired) electrons. The third kappa shape index (κ3) is 2.94. The molecule has 0 aromatic rings. The van der Waals surface area contributed by atoms with Crippen LogP contribution in [0.5, 0.6) is 0 Å². The third-order valence-electron chi connectivity index (χ3n) is 1.16. The molecule has 0 saturated heterocycles. The van der Waals surface area contributed by atoms with Crippen molar-refractivity contribution in [3.63, 3.8) is 0 Å². The molecule has 0 fully saturated rings. The van der Waals surface area contributed by atoms with Crippen molar-refractivity contribution >= 4 is 6.29 Å². The molecule has 0 aliphatic rings. The molecule has 4 atom stereocenters. The van der Waals surface area contributed by atoms with Crippen LogP contribution in [0.2, 0.25) is 0 Å². The van der Waals surface area contributed by atoms with E-state index in [1.54, 1.807) is 0 Å². The van der Waals surface area contributed by atoms with Crippen LogP contribution in [0.4, 0.5) is 0 Å². The van der Waals surface area contributed by atoms with Crippen LogP contribution in [0.15, 0.2) is 0 Å². The molecule has 0 amide bonds. The standard InChI is InChI=1S/C6H12O5/c1-3(8)5(10)6(11)4(9)2-7/h2-6,8-11H,1H3/t3-,4+,5-,6-/m1/s1/i1+1D3. The number of hydrogen-bond acceptors (Lipinski definition) is 5. The van der Waals surface area contributed by atoms with Crippen LogP contribution in [-0.4, -0.2) is 51.1 Å². The SMILES string of the molecule is [2H][13C]([2H])([2H])[C@@H](O)[C@@H](O)[C@H](O)[C@@H](O)C=O. The van der Waals surface area contributed by atoms with Gasteiger partial charge in [0, 0.05) is 4.11 Å². The quantitative estimate of drug-likeness (QED) is 0.278. The van der Waals surface area contributed by atoms with E-state index >= 15 is 0 Å². The molecular weight excluding hydrogens is 153 g/mol. The van der Waals surface area contributed by atoms with Crippen molar-refractivity contribution in [3.05, 3.63) is 0 Å². The molecule has 0 rings (SSSR count). The van der Waals surface area contributed by atoms with E-state index in [1.807, 2.05) is 0 Å². The van der Waals surface area contributed by atoms with Crippen molar-refractivity contribution in [2.24, 2.45) is 0 Å². The lowest BCUT2D eigenvalue weighted by Crippen LogP contribution is -2.43. The van der Waals surface area contributed by atoms with E-state index in [2.05, 4.69) is 0 Å². The summed E-state index contributed by atoms with van der Waals surface area (Å²) in [6.45, 7) is -2.89. The minimum atomic E-state index is -2.89. The van der Waals surface area contributed by atoms with Gasteiger partial charge < -0.3 is 25.2 Å². The van der Waals surface area contributed by atoms with Gasteiger partial charge in [0.05, 0.1) is 6.10 Å². The first-order chi connectivity index (χ1) is 6.21. The van der Waals surface area contributed by atoms with Crippen molar-refractivity contribution in [3.8, 4) is 0 Å². The van der Waals surface area contributed by atoms with E-state index < -0.39 is 31.3 Å². The zero-order chi connectivity index (χ0) is 11.5. The van der Waals surface area contributed by atoms with Gasteiger partial charge in [-0.2, -0.15) is 0 Å². The summed E-state index contributed by atoms with van der Waals surface area (Å²) in [5.74, 6) is 0. The molecule has 66 valence electrons. The summed E-state index contributed by atoms with van der Waals surface area (Å²) in [5, 5.41) is 35.7. The monoisotopic (exact) mass is 168 g/mol. The average molecular weight is 168 g/mol. The van der Waals surface area contributed by atoms with E-state index in [4.69, 9.17) is 24.5 Å². The van der Waals surface area contributed by atoms with Crippen molar-refractivity contribution in [2.75, 3.05) is 0 Å². The summed E-state index contributed by atoms with van der Waals surface area (Å²) in [7, 11) is 0. The number of hydrogen-bond donors (Lipinski definition) is 4. The van der Waals surface area contributed by atoms with Crippen molar-refractivity contribution < 1.29 is 29.3 Å². The van der Waals surface area contributed by atoms with Gasteiger partial charge in [0.25, 0.3) is 0 Å². The lowest BCUT2D eigenvalue weighted by molar-refractivity contribution is -0.132. The lowest BCUT2D eigenvalue weighted by Gasteiger charge is -2.21. The number of carbonyl (C=O) groups excluding carboxylic acids is 1. The Morgan fingerprint density at radius 1 is 1.27 bits per heavy atom. The lowest BCUT2D eigenvalue weighted by atomic mass is 10.1. The number of aliphatic hydroxyl groups is 4. The van der Waals surface area contributed by atoms with Gasteiger partial charge >= 0.3 is 0 Å². The summed E-state index contributed by atoms with van der Waals surface area (Å²) < 4.78 is 20.1. The molecule has 0 heterocycles. The molecule has 0 bridgehead atoms. The molecule has 0 aliphatic carbocycles. The highest BCUT2D eigenvalue weighted by Crippen LogP contribution is 2.02. The minimum absolute atomic E-state index is 0.0693. The molecule has 0 saturated carbocycles. The molecule has 0 aromatic heterocycles. The molecule has 0 spiro atoms. The van der Waals surface area contributed by atoms with Crippen molar-refractivity contribution in [1.29, 1.82) is 0 Å². The Labute approximate surface area is 68.1 Å². The number of aldehydes is 1. The van der Waals surface area contributed by atoms with Crippen LogP contribution >= 0.6 is 0 Å². The molecular formula is C6H12O5. The highest BCUT2D eigenvalue weighted by Gasteiger charge is 2.27. The Morgan fingerprint density at radius 3 is 2.18 bits per heavy atom. The maximum Gasteiger partial charge on any atom is 0.151 e. The second-order valence-electron chi connectivity index (χ2n) is 2.05. The fourth-order valence-electron chi connectivity index (χ4n) is 0.469. The van der Waals surface area contributed by atoms with Gasteiger partial charge in [0.1, 0.15) is 18.3 Å². The molecule has 0 unspecified atom stereocenters. The second-order valence-corrected chi connectivity index (χ2v) is 2.05. The number of carbonyl (C=O) groups is 1. The van der Waals surface area contributed by atoms with Gasteiger partial charge in [-0.3, -0.25) is 0 Å². The van der Waals surface area contributed by atoms with E-state index in [1.165, 1.54) is 0 Å². The Hall–Kier alpha value is -0.490. The summed E-state index contributed by atoms with van der Waals surface area (Å²) in [6, 6.07) is 0. The van der Waals surface area contributed by atoms with Crippen LogP contribution < -0.4 is 0 Å². The summed E-state index contributed by atoms with van der Waals surface area (Å²) in [4.78, 5) is 9.98. The minimum Gasteiger partial charge on any atom is -0.391 e. The Morgan fingerprint density at radius 2 is 1.82 bits per heavy atom. The zero-order valence-electron chi connectivity index (χ0n) is 8.58. The van der Waals surface area contributed by atoms with Crippen LogP contribution in [0.3, 0.4) is 0 Å². The van der Waals surface area contributed by atoms with E-state index in [0.29, 0.717) is 0 Å². The highest BCUT2D eigenvalue weighted by molar-refractivity contribution is 5.56. The van der Waals surface area contributed by atoms with Gasteiger partial charge in [0.15, 0.2) is 6.29 Å². The van der Waals surface area contributed by atoms with Gasteiger partial charge in [-0.1, -0.05) is 0 Å². The zero-order valence-corrected chi connectivity index (χ0v) is 5.58. The van der Waals surface area contributed by atoms with E-state index in [0.717, 1.165) is 0 Å². The normalized spacial score (nSPS) is 27.1. The Bertz CT molecular complexity index is 194. The van der Waals surface area contributed by atoms with Crippen molar-refractivity contribution in [1.82, 2.24) is 0 Å². The number of rotatable bonds is 4. The van der Waals surface area contributed by atoms with Gasteiger partial charge in [-0.05, 0) is 6.85 Å². The topological polar surface area (TPSA) is 98.0 Å². The molecule has 0 aromatic carbocycles. The first kappa shape index (κ1) is 6.07. The first-order valence-electron chi connectivity index (χ1n) is 4.39. The molecule has 0 aliphatic heterocycles. The largest absolute Gasteiger partial charge is 0.391 e. The average Bonchev–Trinajstić information content (AvgIpc) is 2.11. The fraction of sp³-hybridized carbons (Fsp3) is 0.833. The van der Waals surface area contributed by atoms with Gasteiger partial charge in [-0.25, -0.2) is 0 Å². The fourth-order valence-corrected chi connectivity index (χ4v) is 0.469. The maximum atomic E-state index is 9.98. The van der Waals surface area contributed by atoms with Gasteiger partial charge in [0.2, 0.25) is 0 Å². The Kier molecular flexibility index (Phi) is 2.43. The van der Waals surface area contributed by atoms with E-state index in [9.17, 15) is 4.79 Å². The second kappa shape index (κ2) is 4.40. The number of aliphatic hydroxyl groups excluding tert-OH is 4. The summed E-state index contributed by atoms with van der Waals surface area (Å²) in [5.41, 5.74) is 0. The molecule has 5 nitrogen and oxygen atoms in total.